The van der Waals surface area contributed by atoms with Crippen LogP contribution in [-0.4, -0.2) is 20.2 Å². The molecule has 0 aromatic heterocycles. The van der Waals surface area contributed by atoms with Gasteiger partial charge in [0, 0.05) is 13.2 Å². The second-order valence-corrected chi connectivity index (χ2v) is 3.70. The molecule has 90 valence electrons. The van der Waals surface area contributed by atoms with Gasteiger partial charge in [-0.15, -0.1) is 12.1 Å². The molecule has 0 radical (unpaired) electrons. The molecule has 0 rings (SSSR count). The van der Waals surface area contributed by atoms with Crippen LogP contribution in [0.5, 0.6) is 0 Å². The van der Waals surface area contributed by atoms with Gasteiger partial charge in [-0.3, -0.25) is 0 Å². The molecule has 6 heteroatoms. The Morgan fingerprint density at radius 3 is 2.19 bits per heavy atom. The molecular formula is C10H19BF3KO. The molecule has 1 nitrogen and oxygen atoms in total. The van der Waals surface area contributed by atoms with Gasteiger partial charge in [0.05, 0.1) is 0 Å². The van der Waals surface area contributed by atoms with Gasteiger partial charge in [-0.05, 0) is 6.42 Å². The van der Waals surface area contributed by atoms with Gasteiger partial charge < -0.3 is 17.7 Å². The number of halogens is 3. The van der Waals surface area contributed by atoms with E-state index in [1.54, 1.807) is 0 Å². The van der Waals surface area contributed by atoms with E-state index in [-0.39, 0.29) is 58.0 Å². The molecule has 0 fully saturated rings. The Morgan fingerprint density at radius 2 is 1.69 bits per heavy atom. The third-order valence-corrected chi connectivity index (χ3v) is 2.14. The third kappa shape index (κ3) is 11.7. The van der Waals surface area contributed by atoms with Gasteiger partial charge >= 0.3 is 58.4 Å². The van der Waals surface area contributed by atoms with E-state index in [1.807, 2.05) is 0 Å². The van der Waals surface area contributed by atoms with Crippen LogP contribution in [-0.2, 0) is 4.74 Å². The van der Waals surface area contributed by atoms with Crippen molar-refractivity contribution in [1.29, 1.82) is 0 Å². The predicted octanol–water partition coefficient (Wildman–Crippen LogP) is 0.920. The quantitative estimate of drug-likeness (QED) is 0.443. The zero-order valence-corrected chi connectivity index (χ0v) is 13.4. The minimum atomic E-state index is -4.92. The van der Waals surface area contributed by atoms with Crippen LogP contribution in [0.3, 0.4) is 0 Å². The van der Waals surface area contributed by atoms with Crippen molar-refractivity contribution >= 4 is 6.98 Å². The minimum Gasteiger partial charge on any atom is -0.445 e. The zero-order valence-electron chi connectivity index (χ0n) is 10.3. The summed E-state index contributed by atoms with van der Waals surface area (Å²) in [4.78, 5) is 0. The molecule has 0 bridgehead atoms. The fraction of sp³-hybridized carbons (Fsp3) is 0.800. The van der Waals surface area contributed by atoms with Crippen molar-refractivity contribution in [2.24, 2.45) is 0 Å². The van der Waals surface area contributed by atoms with Gasteiger partial charge in [0.1, 0.15) is 0 Å². The molecular weight excluding hydrogens is 243 g/mol. The summed E-state index contributed by atoms with van der Waals surface area (Å²) in [6.45, 7) is 0.166. The van der Waals surface area contributed by atoms with Gasteiger partial charge in [0.15, 0.2) is 0 Å². The van der Waals surface area contributed by atoms with E-state index in [9.17, 15) is 12.9 Å². The predicted molar refractivity (Wildman–Crippen MR) is 57.8 cm³/mol. The van der Waals surface area contributed by atoms with Crippen molar-refractivity contribution in [3.05, 3.63) is 12.1 Å². The maximum absolute atomic E-state index is 12.0. The van der Waals surface area contributed by atoms with Gasteiger partial charge in [-0.25, -0.2) is 0 Å². The first-order chi connectivity index (χ1) is 6.98. The summed E-state index contributed by atoms with van der Waals surface area (Å²) in [5.41, 5.74) is -0.747. The summed E-state index contributed by atoms with van der Waals surface area (Å²) < 4.78 is 40.9. The van der Waals surface area contributed by atoms with Crippen LogP contribution in [0, 0.1) is 0 Å². The normalized spacial score (nSPS) is 11.0. The molecule has 0 atom stereocenters. The maximum Gasteiger partial charge on any atom is 1.00 e. The van der Waals surface area contributed by atoms with E-state index in [4.69, 9.17) is 4.74 Å². The number of hydrogen-bond acceptors (Lipinski definition) is 1. The van der Waals surface area contributed by atoms with E-state index in [2.05, 4.69) is 13.5 Å². The van der Waals surface area contributed by atoms with Crippen LogP contribution in [0.15, 0.2) is 12.1 Å². The largest absolute Gasteiger partial charge is 1.00 e. The average Bonchev–Trinajstić information content (AvgIpc) is 2.14. The molecule has 0 aliphatic carbocycles. The van der Waals surface area contributed by atoms with E-state index in [1.165, 1.54) is 6.42 Å². The molecule has 0 saturated heterocycles. The van der Waals surface area contributed by atoms with E-state index in [0.717, 1.165) is 25.7 Å². The molecule has 0 N–H and O–H groups in total. The van der Waals surface area contributed by atoms with Gasteiger partial charge in [0.25, 0.3) is 0 Å². The summed E-state index contributed by atoms with van der Waals surface area (Å²) in [6, 6.07) is 0. The van der Waals surface area contributed by atoms with Gasteiger partial charge in [0.2, 0.25) is 0 Å². The molecule has 16 heavy (non-hydrogen) atoms. The summed E-state index contributed by atoms with van der Waals surface area (Å²) in [6.07, 6.45) is 5.33. The number of unbranched alkanes of at least 4 members (excludes halogenated alkanes) is 4. The summed E-state index contributed by atoms with van der Waals surface area (Å²) in [5, 5.41) is 0. The first kappa shape index (κ1) is 19.5. The minimum absolute atomic E-state index is 0. The fourth-order valence-electron chi connectivity index (χ4n) is 1.11. The van der Waals surface area contributed by atoms with Crippen LogP contribution in [0.25, 0.3) is 0 Å². The van der Waals surface area contributed by atoms with Crippen molar-refractivity contribution in [1.82, 2.24) is 0 Å². The first-order valence-electron chi connectivity index (χ1n) is 5.43. The topological polar surface area (TPSA) is 9.23 Å². The van der Waals surface area contributed by atoms with E-state index >= 15 is 0 Å². The van der Waals surface area contributed by atoms with Gasteiger partial charge in [-0.1, -0.05) is 32.6 Å². The first-order valence-corrected chi connectivity index (χ1v) is 5.43. The van der Waals surface area contributed by atoms with Gasteiger partial charge in [-0.2, -0.15) is 0 Å². The van der Waals surface area contributed by atoms with Crippen LogP contribution in [0.1, 0.15) is 39.0 Å². The van der Waals surface area contributed by atoms with Crippen molar-refractivity contribution in [3.8, 4) is 0 Å². The summed E-state index contributed by atoms with van der Waals surface area (Å²) in [7, 11) is 0. The third-order valence-electron chi connectivity index (χ3n) is 2.14. The SMILES string of the molecule is C=C(COCCCCCCC)[B-](F)(F)F.[K+]. The molecule has 0 aliphatic heterocycles. The summed E-state index contributed by atoms with van der Waals surface area (Å²) >= 11 is 0. The Hall–Kier alpha value is 1.19. The van der Waals surface area contributed by atoms with Crippen LogP contribution in [0.4, 0.5) is 12.9 Å². The Balaban J connectivity index is 0. The fourth-order valence-corrected chi connectivity index (χ4v) is 1.11. The monoisotopic (exact) mass is 262 g/mol. The second-order valence-electron chi connectivity index (χ2n) is 3.70. The van der Waals surface area contributed by atoms with Crippen LogP contribution >= 0.6 is 0 Å². The van der Waals surface area contributed by atoms with E-state index < -0.39 is 12.4 Å². The van der Waals surface area contributed by atoms with E-state index in [0.29, 0.717) is 6.61 Å². The zero-order chi connectivity index (χ0) is 11.7. The van der Waals surface area contributed by atoms with Crippen LogP contribution < -0.4 is 51.4 Å². The molecule has 0 spiro atoms. The molecule has 0 amide bonds. The maximum atomic E-state index is 12.0. The number of hydrogen-bond donors (Lipinski definition) is 0. The van der Waals surface area contributed by atoms with Crippen LogP contribution in [0.2, 0.25) is 0 Å². The molecule has 0 aliphatic rings. The number of ether oxygens (including phenoxy) is 1. The Morgan fingerprint density at radius 1 is 1.12 bits per heavy atom. The van der Waals surface area contributed by atoms with Crippen molar-refractivity contribution < 1.29 is 69.1 Å². The van der Waals surface area contributed by atoms with Crippen molar-refractivity contribution in [2.45, 2.75) is 39.0 Å². The number of rotatable bonds is 9. The summed E-state index contributed by atoms with van der Waals surface area (Å²) in [5.74, 6) is 0. The molecule has 0 aromatic carbocycles. The molecule has 0 aromatic rings. The Labute approximate surface area is 139 Å². The standard InChI is InChI=1S/C10H19BF3O.K/c1-3-4-5-6-7-8-15-9-10(2)11(12,13)14;/h2-9H2,1H3;/q-1;+1. The Bertz CT molecular complexity index is 185. The van der Waals surface area contributed by atoms with Crippen molar-refractivity contribution in [3.63, 3.8) is 0 Å². The second kappa shape index (κ2) is 11.3. The smallest absolute Gasteiger partial charge is 0.445 e. The molecule has 0 saturated carbocycles. The molecule has 0 heterocycles. The van der Waals surface area contributed by atoms with Crippen molar-refractivity contribution in [2.75, 3.05) is 13.2 Å². The Kier molecular flexibility index (Phi) is 13.8. The average molecular weight is 262 g/mol. The molecule has 0 unspecified atom stereocenters.